The van der Waals surface area contributed by atoms with E-state index in [0.717, 1.165) is 31.8 Å². The maximum absolute atomic E-state index is 12.6. The molecule has 1 saturated carbocycles. The summed E-state index contributed by atoms with van der Waals surface area (Å²) in [6.07, 6.45) is 8.53. The number of carbonyl (C=O) groups excluding carboxylic acids is 1. The molecule has 2 heterocycles. The maximum atomic E-state index is 12.6. The Morgan fingerprint density at radius 1 is 0.957 bits per heavy atom. The fourth-order valence-corrected chi connectivity index (χ4v) is 4.72. The molecule has 1 aliphatic carbocycles. The molecular weight excluding hydrogens is 286 g/mol. The van der Waals surface area contributed by atoms with Crippen molar-refractivity contribution in [3.63, 3.8) is 0 Å². The van der Waals surface area contributed by atoms with Gasteiger partial charge in [-0.3, -0.25) is 9.69 Å². The van der Waals surface area contributed by atoms with Crippen molar-refractivity contribution in [1.82, 2.24) is 14.7 Å². The van der Waals surface area contributed by atoms with Crippen LogP contribution in [-0.4, -0.2) is 73.0 Å². The van der Waals surface area contributed by atoms with Crippen LogP contribution < -0.4 is 0 Å². The van der Waals surface area contributed by atoms with Crippen LogP contribution >= 0.6 is 0 Å². The molecule has 4 heteroatoms. The number of likely N-dealkylation sites (tertiary alicyclic amines) is 1. The minimum absolute atomic E-state index is 0.345. The Kier molecular flexibility index (Phi) is 5.97. The van der Waals surface area contributed by atoms with Crippen LogP contribution in [0.5, 0.6) is 0 Å². The Bertz CT molecular complexity index is 386. The summed E-state index contributed by atoms with van der Waals surface area (Å²) in [5.41, 5.74) is 0. The fraction of sp³-hybridized carbons (Fsp3) is 0.947. The normalized spacial score (nSPS) is 29.8. The summed E-state index contributed by atoms with van der Waals surface area (Å²) in [4.78, 5) is 19.9. The van der Waals surface area contributed by atoms with E-state index < -0.39 is 0 Å². The van der Waals surface area contributed by atoms with Crippen molar-refractivity contribution >= 4 is 5.91 Å². The maximum Gasteiger partial charge on any atom is 0.225 e. The standard InChI is InChI=1S/C19H35N3O/c1-16-14-20(2)12-13-22(16)15-17-8-10-21(11-9-17)19(23)18-6-4-3-5-7-18/h16-18H,3-15H2,1-2H3/t16-/m1/s1. The number of amides is 1. The molecule has 132 valence electrons. The molecule has 3 aliphatic rings. The number of likely N-dealkylation sites (N-methyl/N-ethyl adjacent to an activating group) is 1. The van der Waals surface area contributed by atoms with Crippen LogP contribution in [0.15, 0.2) is 0 Å². The number of hydrogen-bond donors (Lipinski definition) is 0. The Morgan fingerprint density at radius 2 is 1.65 bits per heavy atom. The van der Waals surface area contributed by atoms with Gasteiger partial charge in [0.2, 0.25) is 5.91 Å². The summed E-state index contributed by atoms with van der Waals surface area (Å²) >= 11 is 0. The van der Waals surface area contributed by atoms with Gasteiger partial charge in [-0.1, -0.05) is 19.3 Å². The van der Waals surface area contributed by atoms with Crippen LogP contribution in [0.1, 0.15) is 51.9 Å². The van der Waals surface area contributed by atoms with Gasteiger partial charge < -0.3 is 9.80 Å². The lowest BCUT2D eigenvalue weighted by atomic mass is 9.87. The summed E-state index contributed by atoms with van der Waals surface area (Å²) in [6.45, 7) is 9.20. The van der Waals surface area contributed by atoms with Gasteiger partial charge >= 0.3 is 0 Å². The van der Waals surface area contributed by atoms with Gasteiger partial charge in [0.15, 0.2) is 0 Å². The van der Waals surface area contributed by atoms with E-state index in [-0.39, 0.29) is 0 Å². The van der Waals surface area contributed by atoms with Crippen LogP contribution in [0.2, 0.25) is 0 Å². The zero-order chi connectivity index (χ0) is 16.2. The fourth-order valence-electron chi connectivity index (χ4n) is 4.72. The third-order valence-electron chi connectivity index (χ3n) is 6.34. The van der Waals surface area contributed by atoms with Gasteiger partial charge in [-0.05, 0) is 45.6 Å². The number of rotatable bonds is 3. The number of piperazine rings is 1. The van der Waals surface area contributed by atoms with E-state index in [0.29, 0.717) is 17.9 Å². The second-order valence-electron chi connectivity index (χ2n) is 8.21. The molecule has 2 aliphatic heterocycles. The molecule has 0 bridgehead atoms. The number of carbonyl (C=O) groups is 1. The Balaban J connectivity index is 1.42. The van der Waals surface area contributed by atoms with E-state index >= 15 is 0 Å². The molecule has 0 aromatic heterocycles. The molecule has 2 saturated heterocycles. The second kappa shape index (κ2) is 7.98. The molecule has 1 atom stereocenters. The van der Waals surface area contributed by atoms with Crippen LogP contribution in [0.25, 0.3) is 0 Å². The summed E-state index contributed by atoms with van der Waals surface area (Å²) in [5, 5.41) is 0. The molecule has 0 radical (unpaired) electrons. The third kappa shape index (κ3) is 4.48. The largest absolute Gasteiger partial charge is 0.342 e. The molecule has 0 spiro atoms. The summed E-state index contributed by atoms with van der Waals surface area (Å²) in [5.74, 6) is 1.60. The molecule has 3 rings (SSSR count). The van der Waals surface area contributed by atoms with Crippen molar-refractivity contribution in [1.29, 1.82) is 0 Å². The van der Waals surface area contributed by atoms with E-state index in [9.17, 15) is 4.79 Å². The van der Waals surface area contributed by atoms with Crippen molar-refractivity contribution in [2.24, 2.45) is 11.8 Å². The summed E-state index contributed by atoms with van der Waals surface area (Å²) < 4.78 is 0. The highest BCUT2D eigenvalue weighted by Gasteiger charge is 2.31. The summed E-state index contributed by atoms with van der Waals surface area (Å²) in [7, 11) is 2.23. The number of piperidine rings is 1. The Labute approximate surface area is 142 Å². The average Bonchev–Trinajstić information content (AvgIpc) is 2.58. The highest BCUT2D eigenvalue weighted by atomic mass is 16.2. The molecule has 1 amide bonds. The Morgan fingerprint density at radius 3 is 2.30 bits per heavy atom. The van der Waals surface area contributed by atoms with Gasteiger partial charge in [-0.15, -0.1) is 0 Å². The average molecular weight is 322 g/mol. The van der Waals surface area contributed by atoms with Crippen molar-refractivity contribution in [3.8, 4) is 0 Å². The SMILES string of the molecule is C[C@@H]1CN(C)CCN1CC1CCN(C(=O)C2CCCCC2)CC1. The highest BCUT2D eigenvalue weighted by molar-refractivity contribution is 5.79. The topological polar surface area (TPSA) is 26.8 Å². The first-order valence-electron chi connectivity index (χ1n) is 9.85. The van der Waals surface area contributed by atoms with Crippen molar-refractivity contribution in [2.45, 2.75) is 57.9 Å². The smallest absolute Gasteiger partial charge is 0.225 e. The van der Waals surface area contributed by atoms with Crippen molar-refractivity contribution < 1.29 is 4.79 Å². The second-order valence-corrected chi connectivity index (χ2v) is 8.21. The van der Waals surface area contributed by atoms with Crippen LogP contribution in [0.4, 0.5) is 0 Å². The van der Waals surface area contributed by atoms with Gasteiger partial charge in [0.1, 0.15) is 0 Å². The molecule has 0 unspecified atom stereocenters. The lowest BCUT2D eigenvalue weighted by molar-refractivity contribution is -0.138. The molecule has 0 N–H and O–H groups in total. The molecule has 3 fully saturated rings. The zero-order valence-electron chi connectivity index (χ0n) is 15.2. The van der Waals surface area contributed by atoms with Crippen molar-refractivity contribution in [2.75, 3.05) is 46.3 Å². The molecule has 4 nitrogen and oxygen atoms in total. The first-order valence-corrected chi connectivity index (χ1v) is 9.85. The minimum atomic E-state index is 0.345. The molecule has 23 heavy (non-hydrogen) atoms. The van der Waals surface area contributed by atoms with E-state index in [2.05, 4.69) is 28.7 Å². The zero-order valence-corrected chi connectivity index (χ0v) is 15.2. The summed E-state index contributed by atoms with van der Waals surface area (Å²) in [6, 6.07) is 0.677. The lowest BCUT2D eigenvalue weighted by Gasteiger charge is -2.42. The van der Waals surface area contributed by atoms with Crippen LogP contribution in [0.3, 0.4) is 0 Å². The van der Waals surface area contributed by atoms with Crippen molar-refractivity contribution in [3.05, 3.63) is 0 Å². The van der Waals surface area contributed by atoms with E-state index in [4.69, 9.17) is 0 Å². The van der Waals surface area contributed by atoms with Gasteiger partial charge in [0.05, 0.1) is 0 Å². The first-order chi connectivity index (χ1) is 11.1. The predicted molar refractivity (Wildman–Crippen MR) is 94.4 cm³/mol. The van der Waals surface area contributed by atoms with Gasteiger partial charge in [0, 0.05) is 51.2 Å². The van der Waals surface area contributed by atoms with Crippen LogP contribution in [0, 0.1) is 11.8 Å². The molecule has 0 aromatic rings. The quantitative estimate of drug-likeness (QED) is 0.799. The first kappa shape index (κ1) is 17.2. The molecule has 0 aromatic carbocycles. The van der Waals surface area contributed by atoms with E-state index in [1.165, 1.54) is 58.3 Å². The number of hydrogen-bond acceptors (Lipinski definition) is 3. The monoisotopic (exact) mass is 321 g/mol. The van der Waals surface area contributed by atoms with Crippen LogP contribution in [-0.2, 0) is 4.79 Å². The third-order valence-corrected chi connectivity index (χ3v) is 6.34. The van der Waals surface area contributed by atoms with Gasteiger partial charge in [0.25, 0.3) is 0 Å². The number of nitrogens with zero attached hydrogens (tertiary/aromatic N) is 3. The minimum Gasteiger partial charge on any atom is -0.342 e. The van der Waals surface area contributed by atoms with Gasteiger partial charge in [-0.2, -0.15) is 0 Å². The van der Waals surface area contributed by atoms with Gasteiger partial charge in [-0.25, -0.2) is 0 Å². The highest BCUT2D eigenvalue weighted by Crippen LogP contribution is 2.28. The predicted octanol–water partition coefficient (Wildman–Crippen LogP) is 2.44. The van der Waals surface area contributed by atoms with E-state index in [1.807, 2.05) is 0 Å². The Hall–Kier alpha value is -0.610. The molecular formula is C19H35N3O. The lowest BCUT2D eigenvalue weighted by Crippen LogP contribution is -2.52. The van der Waals surface area contributed by atoms with E-state index in [1.54, 1.807) is 0 Å².